The normalized spacial score (nSPS) is 17.0. The number of unbranched alkanes of at least 4 members (excludes halogenated alkanes) is 1. The summed E-state index contributed by atoms with van der Waals surface area (Å²) in [6.45, 7) is 2.19. The highest BCUT2D eigenvalue weighted by Crippen LogP contribution is 2.28. The molecule has 0 saturated carbocycles. The molecule has 5 nitrogen and oxygen atoms in total. The van der Waals surface area contributed by atoms with Gasteiger partial charge < -0.3 is 9.88 Å². The maximum Gasteiger partial charge on any atom is 0.264 e. The van der Waals surface area contributed by atoms with Gasteiger partial charge in [0.25, 0.3) is 5.91 Å². The average Bonchev–Trinajstić information content (AvgIpc) is 3.21. The van der Waals surface area contributed by atoms with Gasteiger partial charge in [0.2, 0.25) is 0 Å². The highest BCUT2D eigenvalue weighted by atomic mass is 32.2. The first-order valence-corrected chi connectivity index (χ1v) is 10.3. The third-order valence-corrected chi connectivity index (χ3v) is 5.63. The molecular formula is C22H22N4OS. The average molecular weight is 391 g/mol. The summed E-state index contributed by atoms with van der Waals surface area (Å²) in [6, 6.07) is 16.1. The topological polar surface area (TPSA) is 59.3 Å². The van der Waals surface area contributed by atoms with Gasteiger partial charge in [-0.25, -0.2) is 9.98 Å². The predicted octanol–water partition coefficient (Wildman–Crippen LogP) is 4.81. The van der Waals surface area contributed by atoms with Crippen molar-refractivity contribution in [1.82, 2.24) is 14.9 Å². The Morgan fingerprint density at radius 2 is 1.96 bits per heavy atom. The Hall–Kier alpha value is -2.86. The summed E-state index contributed by atoms with van der Waals surface area (Å²) in [4.78, 5) is 22.1. The van der Waals surface area contributed by atoms with E-state index in [4.69, 9.17) is 0 Å². The number of carbonyl (C=O) groups is 1. The quantitative estimate of drug-likeness (QED) is 0.636. The highest BCUT2D eigenvalue weighted by Gasteiger charge is 2.24. The Morgan fingerprint density at radius 3 is 2.71 bits per heavy atom. The standard InChI is InChI=1S/C22H22N4OS/c1-3-4-7-15-10-12-16(13-11-15)23-22-25-21(27)19(28-22)14-20-24-17-8-5-6-9-18(17)26(20)2/h5-6,8-14H,3-4,7H2,1-2H3,(H,23,25,27)/b19-14+. The van der Waals surface area contributed by atoms with Crippen LogP contribution in [0, 0.1) is 0 Å². The van der Waals surface area contributed by atoms with Gasteiger partial charge >= 0.3 is 0 Å². The van der Waals surface area contributed by atoms with Crippen LogP contribution in [-0.2, 0) is 18.3 Å². The Kier molecular flexibility index (Phi) is 5.30. The molecule has 0 bridgehead atoms. The fraction of sp³-hybridized carbons (Fsp3) is 0.227. The molecule has 2 heterocycles. The van der Waals surface area contributed by atoms with Crippen molar-refractivity contribution < 1.29 is 4.79 Å². The first kappa shape index (κ1) is 18.5. The molecule has 1 amide bonds. The van der Waals surface area contributed by atoms with Gasteiger partial charge in [0, 0.05) is 13.1 Å². The number of carbonyl (C=O) groups excluding carboxylic acids is 1. The maximum absolute atomic E-state index is 12.4. The number of fused-ring (bicyclic) bond motifs is 1. The number of rotatable bonds is 5. The van der Waals surface area contributed by atoms with Gasteiger partial charge in [0.15, 0.2) is 5.17 Å². The molecule has 2 aromatic carbocycles. The van der Waals surface area contributed by atoms with Gasteiger partial charge in [-0.2, -0.15) is 0 Å². The lowest BCUT2D eigenvalue weighted by atomic mass is 10.1. The summed E-state index contributed by atoms with van der Waals surface area (Å²) in [6.07, 6.45) is 5.28. The van der Waals surface area contributed by atoms with E-state index in [0.717, 1.165) is 29.0 Å². The second kappa shape index (κ2) is 8.02. The number of para-hydroxylation sites is 2. The molecule has 142 valence electrons. The number of aliphatic imine (C=N–C) groups is 1. The molecule has 0 unspecified atom stereocenters. The van der Waals surface area contributed by atoms with E-state index in [1.54, 1.807) is 0 Å². The number of nitrogens with one attached hydrogen (secondary N) is 1. The number of hydrogen-bond acceptors (Lipinski definition) is 4. The number of hydrogen-bond donors (Lipinski definition) is 1. The number of thioether (sulfide) groups is 1. The van der Waals surface area contributed by atoms with Crippen molar-refractivity contribution in [3.8, 4) is 0 Å². The number of benzene rings is 2. The molecule has 1 aromatic heterocycles. The Morgan fingerprint density at radius 1 is 1.18 bits per heavy atom. The van der Waals surface area contributed by atoms with Crippen molar-refractivity contribution in [1.29, 1.82) is 0 Å². The van der Waals surface area contributed by atoms with Crippen LogP contribution in [-0.4, -0.2) is 20.6 Å². The molecule has 1 N–H and O–H groups in total. The van der Waals surface area contributed by atoms with E-state index in [2.05, 4.69) is 34.3 Å². The minimum atomic E-state index is -0.143. The number of aromatic nitrogens is 2. The molecule has 0 radical (unpaired) electrons. The van der Waals surface area contributed by atoms with Crippen LogP contribution in [0.15, 0.2) is 58.4 Å². The van der Waals surface area contributed by atoms with Gasteiger partial charge in [0.05, 0.1) is 21.6 Å². The molecule has 1 fully saturated rings. The number of amidine groups is 1. The lowest BCUT2D eigenvalue weighted by Gasteiger charge is -2.01. The maximum atomic E-state index is 12.4. The first-order valence-electron chi connectivity index (χ1n) is 9.44. The summed E-state index contributed by atoms with van der Waals surface area (Å²) in [5.41, 5.74) is 4.11. The third kappa shape index (κ3) is 3.87. The van der Waals surface area contributed by atoms with Crippen LogP contribution in [0.3, 0.4) is 0 Å². The minimum absolute atomic E-state index is 0.143. The van der Waals surface area contributed by atoms with E-state index in [1.165, 1.54) is 30.2 Å². The lowest BCUT2D eigenvalue weighted by Crippen LogP contribution is -2.19. The van der Waals surface area contributed by atoms with Crippen LogP contribution in [0.25, 0.3) is 17.1 Å². The van der Waals surface area contributed by atoms with Crippen molar-refractivity contribution in [2.75, 3.05) is 0 Å². The SMILES string of the molecule is CCCCc1ccc(N=C2NC(=O)/C(=C\c3nc4ccccc4n3C)S2)cc1. The zero-order valence-electron chi connectivity index (χ0n) is 16.0. The van der Waals surface area contributed by atoms with Crippen LogP contribution in [0.1, 0.15) is 31.2 Å². The van der Waals surface area contributed by atoms with Crippen LogP contribution < -0.4 is 5.32 Å². The molecule has 6 heteroatoms. The summed E-state index contributed by atoms with van der Waals surface area (Å²) < 4.78 is 1.99. The molecule has 0 atom stereocenters. The predicted molar refractivity (Wildman–Crippen MR) is 117 cm³/mol. The molecule has 4 rings (SSSR count). The van der Waals surface area contributed by atoms with Crippen LogP contribution in [0.4, 0.5) is 5.69 Å². The molecule has 3 aromatic rings. The van der Waals surface area contributed by atoms with Crippen molar-refractivity contribution in [2.24, 2.45) is 12.0 Å². The lowest BCUT2D eigenvalue weighted by molar-refractivity contribution is -0.115. The van der Waals surface area contributed by atoms with E-state index in [9.17, 15) is 4.79 Å². The van der Waals surface area contributed by atoms with E-state index in [0.29, 0.717) is 10.1 Å². The smallest absolute Gasteiger partial charge is 0.264 e. The molecule has 1 saturated heterocycles. The number of amides is 1. The minimum Gasteiger partial charge on any atom is -0.328 e. The number of aryl methyl sites for hydroxylation is 2. The Bertz CT molecular complexity index is 1080. The largest absolute Gasteiger partial charge is 0.328 e. The van der Waals surface area contributed by atoms with E-state index < -0.39 is 0 Å². The fourth-order valence-electron chi connectivity index (χ4n) is 3.13. The number of nitrogens with zero attached hydrogens (tertiary/aromatic N) is 3. The van der Waals surface area contributed by atoms with Crippen LogP contribution >= 0.6 is 11.8 Å². The number of imidazole rings is 1. The van der Waals surface area contributed by atoms with E-state index in [-0.39, 0.29) is 5.91 Å². The van der Waals surface area contributed by atoms with Gasteiger partial charge in [-0.05, 0) is 54.4 Å². The van der Waals surface area contributed by atoms with E-state index in [1.807, 2.05) is 54.1 Å². The molecular weight excluding hydrogens is 368 g/mol. The third-order valence-electron chi connectivity index (χ3n) is 4.72. The summed E-state index contributed by atoms with van der Waals surface area (Å²) in [7, 11) is 1.95. The zero-order valence-corrected chi connectivity index (χ0v) is 16.8. The van der Waals surface area contributed by atoms with Gasteiger partial charge in [-0.15, -0.1) is 0 Å². The Labute approximate surface area is 168 Å². The van der Waals surface area contributed by atoms with Gasteiger partial charge in [-0.3, -0.25) is 4.79 Å². The zero-order chi connectivity index (χ0) is 19.5. The van der Waals surface area contributed by atoms with E-state index >= 15 is 0 Å². The van der Waals surface area contributed by atoms with Crippen LogP contribution in [0.2, 0.25) is 0 Å². The van der Waals surface area contributed by atoms with Crippen molar-refractivity contribution in [3.63, 3.8) is 0 Å². The molecule has 0 aliphatic carbocycles. The Balaban J connectivity index is 1.54. The first-order chi connectivity index (χ1) is 13.6. The molecule has 1 aliphatic rings. The van der Waals surface area contributed by atoms with Crippen LogP contribution in [0.5, 0.6) is 0 Å². The second-order valence-electron chi connectivity index (χ2n) is 6.77. The summed E-state index contributed by atoms with van der Waals surface area (Å²) >= 11 is 1.34. The van der Waals surface area contributed by atoms with Gasteiger partial charge in [0.1, 0.15) is 5.82 Å². The molecule has 28 heavy (non-hydrogen) atoms. The molecule has 1 aliphatic heterocycles. The highest BCUT2D eigenvalue weighted by molar-refractivity contribution is 8.18. The van der Waals surface area contributed by atoms with Crippen molar-refractivity contribution >= 4 is 45.6 Å². The van der Waals surface area contributed by atoms with Crippen molar-refractivity contribution in [2.45, 2.75) is 26.2 Å². The van der Waals surface area contributed by atoms with Crippen molar-refractivity contribution in [3.05, 3.63) is 64.8 Å². The summed E-state index contributed by atoms with van der Waals surface area (Å²) in [5, 5.41) is 3.44. The second-order valence-corrected chi connectivity index (χ2v) is 7.80. The molecule has 0 spiro atoms. The fourth-order valence-corrected chi connectivity index (χ4v) is 3.94. The monoisotopic (exact) mass is 390 g/mol. The van der Waals surface area contributed by atoms with Gasteiger partial charge in [-0.1, -0.05) is 37.6 Å². The summed E-state index contributed by atoms with van der Waals surface area (Å²) in [5.74, 6) is 0.607.